The van der Waals surface area contributed by atoms with E-state index in [0.717, 1.165) is 25.0 Å². The number of alkyl halides is 2. The first kappa shape index (κ1) is 19.9. The molecule has 0 amide bonds. The molecule has 0 radical (unpaired) electrons. The van der Waals surface area contributed by atoms with E-state index in [-0.39, 0.29) is 0 Å². The lowest BCUT2D eigenvalue weighted by atomic mass is 10.0. The summed E-state index contributed by atoms with van der Waals surface area (Å²) >= 11 is 15.7. The van der Waals surface area contributed by atoms with Gasteiger partial charge in [-0.15, -0.1) is 23.2 Å². The molecule has 0 rings (SSSR count). The summed E-state index contributed by atoms with van der Waals surface area (Å²) in [6.07, 6.45) is 13.0. The van der Waals surface area contributed by atoms with Gasteiger partial charge < -0.3 is 4.74 Å². The van der Waals surface area contributed by atoms with Crippen molar-refractivity contribution >= 4 is 35.8 Å². The lowest BCUT2D eigenvalue weighted by molar-refractivity contribution is 0.0465. The summed E-state index contributed by atoms with van der Waals surface area (Å²) in [5.74, 6) is 0.919. The smallest absolute Gasteiger partial charge is 0.131 e. The largest absolute Gasteiger partial charge is 0.375 e. The van der Waals surface area contributed by atoms with E-state index in [4.69, 9.17) is 27.9 Å². The summed E-state index contributed by atoms with van der Waals surface area (Å²) < 4.78 is 5.75. The minimum absolute atomic E-state index is 0.308. The molecule has 0 aliphatic carbocycles. The lowest BCUT2D eigenvalue weighted by Gasteiger charge is -2.18. The topological polar surface area (TPSA) is 9.23 Å². The molecular weight excluding hydrogens is 299 g/mol. The molecule has 0 N–H and O–H groups in total. The first-order valence-corrected chi connectivity index (χ1v) is 9.21. The molecule has 0 aromatic rings. The van der Waals surface area contributed by atoms with Crippen LogP contribution in [0.3, 0.4) is 0 Å². The SMILES string of the molecule is CCCCCCCCCC(CCCS)OCC(Cl)Cl. The van der Waals surface area contributed by atoms with E-state index in [1.54, 1.807) is 0 Å². The van der Waals surface area contributed by atoms with E-state index in [1.165, 1.54) is 44.9 Å². The van der Waals surface area contributed by atoms with Gasteiger partial charge in [-0.25, -0.2) is 0 Å². The Morgan fingerprint density at radius 1 is 0.895 bits per heavy atom. The highest BCUT2D eigenvalue weighted by Gasteiger charge is 2.10. The molecule has 0 saturated heterocycles. The zero-order valence-corrected chi connectivity index (χ0v) is 14.7. The second-order valence-electron chi connectivity index (χ2n) is 5.12. The van der Waals surface area contributed by atoms with E-state index >= 15 is 0 Å². The predicted molar refractivity (Wildman–Crippen MR) is 90.9 cm³/mol. The van der Waals surface area contributed by atoms with E-state index < -0.39 is 4.84 Å². The van der Waals surface area contributed by atoms with Crippen LogP contribution in [0.2, 0.25) is 0 Å². The quantitative estimate of drug-likeness (QED) is 0.233. The summed E-state index contributed by atoms with van der Waals surface area (Å²) in [4.78, 5) is -0.410. The maximum absolute atomic E-state index is 5.75. The molecule has 4 heteroatoms. The number of hydrogen-bond donors (Lipinski definition) is 1. The van der Waals surface area contributed by atoms with Crippen LogP contribution in [0.1, 0.15) is 71.1 Å². The van der Waals surface area contributed by atoms with Crippen molar-refractivity contribution in [2.45, 2.75) is 82.1 Å². The van der Waals surface area contributed by atoms with Crippen LogP contribution in [0, 0.1) is 0 Å². The molecule has 116 valence electrons. The van der Waals surface area contributed by atoms with E-state index in [9.17, 15) is 0 Å². The molecule has 0 fully saturated rings. The number of halogens is 2. The molecule has 1 nitrogen and oxygen atoms in total. The molecule has 0 saturated carbocycles. The standard InChI is InChI=1S/C15H30Cl2OS/c1-2-3-4-5-6-7-8-10-14(11-9-12-19)18-13-15(16)17/h14-15,19H,2-13H2,1H3. The van der Waals surface area contributed by atoms with E-state index in [0.29, 0.717) is 12.7 Å². The van der Waals surface area contributed by atoms with Gasteiger partial charge in [0.2, 0.25) is 0 Å². The van der Waals surface area contributed by atoms with Crippen LogP contribution in [0.5, 0.6) is 0 Å². The summed E-state index contributed by atoms with van der Waals surface area (Å²) in [5, 5.41) is 0. The molecule has 0 spiro atoms. The van der Waals surface area contributed by atoms with Gasteiger partial charge in [0.25, 0.3) is 0 Å². The number of hydrogen-bond acceptors (Lipinski definition) is 2. The third-order valence-electron chi connectivity index (χ3n) is 3.27. The molecule has 0 aromatic heterocycles. The molecule has 1 unspecified atom stereocenters. The molecule has 0 aliphatic heterocycles. The van der Waals surface area contributed by atoms with Gasteiger partial charge in [-0.1, -0.05) is 51.9 Å². The van der Waals surface area contributed by atoms with Crippen molar-refractivity contribution in [3.8, 4) is 0 Å². The second kappa shape index (κ2) is 15.3. The molecule has 19 heavy (non-hydrogen) atoms. The van der Waals surface area contributed by atoms with Crippen LogP contribution in [-0.4, -0.2) is 23.3 Å². The van der Waals surface area contributed by atoms with E-state index in [2.05, 4.69) is 19.6 Å². The van der Waals surface area contributed by atoms with Crippen LogP contribution in [0.4, 0.5) is 0 Å². The number of unbranched alkanes of at least 4 members (excludes halogenated alkanes) is 6. The fraction of sp³-hybridized carbons (Fsp3) is 1.00. The molecule has 0 aromatic carbocycles. The first-order valence-electron chi connectivity index (χ1n) is 7.71. The van der Waals surface area contributed by atoms with Crippen molar-refractivity contribution in [1.82, 2.24) is 0 Å². The Kier molecular flexibility index (Phi) is 16.0. The normalized spacial score (nSPS) is 13.1. The van der Waals surface area contributed by atoms with Crippen LogP contribution in [0.25, 0.3) is 0 Å². The zero-order valence-electron chi connectivity index (χ0n) is 12.3. The Morgan fingerprint density at radius 3 is 2.05 bits per heavy atom. The monoisotopic (exact) mass is 328 g/mol. The number of rotatable bonds is 14. The molecular formula is C15H30Cl2OS. The van der Waals surface area contributed by atoms with Crippen molar-refractivity contribution < 1.29 is 4.74 Å². The fourth-order valence-electron chi connectivity index (χ4n) is 2.17. The van der Waals surface area contributed by atoms with Gasteiger partial charge in [-0.05, 0) is 25.0 Å². The molecule has 0 heterocycles. The van der Waals surface area contributed by atoms with Crippen molar-refractivity contribution in [3.05, 3.63) is 0 Å². The molecule has 0 bridgehead atoms. The first-order chi connectivity index (χ1) is 9.20. The Morgan fingerprint density at radius 2 is 1.47 bits per heavy atom. The predicted octanol–water partition coefficient (Wildman–Crippen LogP) is 6.03. The van der Waals surface area contributed by atoms with Crippen LogP contribution >= 0.6 is 35.8 Å². The summed E-state index contributed by atoms with van der Waals surface area (Å²) in [7, 11) is 0. The Hall–Kier alpha value is 0.890. The van der Waals surface area contributed by atoms with Gasteiger partial charge in [0.15, 0.2) is 0 Å². The number of thiol groups is 1. The highest BCUT2D eigenvalue weighted by Crippen LogP contribution is 2.16. The van der Waals surface area contributed by atoms with Crippen LogP contribution in [0.15, 0.2) is 0 Å². The lowest BCUT2D eigenvalue weighted by Crippen LogP contribution is -2.17. The minimum atomic E-state index is -0.410. The maximum atomic E-state index is 5.75. The van der Waals surface area contributed by atoms with Crippen LogP contribution < -0.4 is 0 Å². The van der Waals surface area contributed by atoms with Crippen molar-refractivity contribution in [2.24, 2.45) is 0 Å². The third-order valence-corrected chi connectivity index (χ3v) is 3.84. The maximum Gasteiger partial charge on any atom is 0.131 e. The van der Waals surface area contributed by atoms with Crippen LogP contribution in [-0.2, 0) is 4.74 Å². The highest BCUT2D eigenvalue weighted by atomic mass is 35.5. The average Bonchev–Trinajstić information content (AvgIpc) is 2.39. The Bertz CT molecular complexity index is 180. The second-order valence-corrected chi connectivity index (χ2v) is 6.85. The zero-order chi connectivity index (χ0) is 14.3. The summed E-state index contributed by atoms with van der Waals surface area (Å²) in [6, 6.07) is 0. The van der Waals surface area contributed by atoms with Crippen molar-refractivity contribution in [2.75, 3.05) is 12.4 Å². The van der Waals surface area contributed by atoms with Crippen molar-refractivity contribution in [3.63, 3.8) is 0 Å². The van der Waals surface area contributed by atoms with Gasteiger partial charge >= 0.3 is 0 Å². The van der Waals surface area contributed by atoms with E-state index in [1.807, 2.05) is 0 Å². The number of ether oxygens (including phenoxy) is 1. The Balaban J connectivity index is 3.55. The highest BCUT2D eigenvalue weighted by molar-refractivity contribution is 7.80. The summed E-state index contributed by atoms with van der Waals surface area (Å²) in [5.41, 5.74) is 0. The minimum Gasteiger partial charge on any atom is -0.375 e. The average molecular weight is 329 g/mol. The van der Waals surface area contributed by atoms with Gasteiger partial charge in [0.05, 0.1) is 12.7 Å². The fourth-order valence-corrected chi connectivity index (χ4v) is 2.50. The Labute approximate surface area is 135 Å². The molecule has 1 atom stereocenters. The van der Waals surface area contributed by atoms with Gasteiger partial charge in [-0.2, -0.15) is 12.6 Å². The van der Waals surface area contributed by atoms with Crippen molar-refractivity contribution in [1.29, 1.82) is 0 Å². The van der Waals surface area contributed by atoms with Gasteiger partial charge in [0, 0.05) is 0 Å². The molecule has 0 aliphatic rings. The van der Waals surface area contributed by atoms with Gasteiger partial charge in [0.1, 0.15) is 4.84 Å². The van der Waals surface area contributed by atoms with Gasteiger partial charge in [-0.3, -0.25) is 0 Å². The summed E-state index contributed by atoms with van der Waals surface area (Å²) in [6.45, 7) is 2.70. The third kappa shape index (κ3) is 15.1.